The summed E-state index contributed by atoms with van der Waals surface area (Å²) in [5, 5.41) is 1.48. The molecular formula is C26H17F3N6O. The minimum Gasteiger partial charge on any atom is -0.383 e. The summed E-state index contributed by atoms with van der Waals surface area (Å²) < 4.78 is 43.4. The van der Waals surface area contributed by atoms with E-state index in [0.29, 0.717) is 33.2 Å². The number of halogens is 3. The molecule has 178 valence electrons. The van der Waals surface area contributed by atoms with Gasteiger partial charge in [0.05, 0.1) is 39.5 Å². The van der Waals surface area contributed by atoms with Gasteiger partial charge >= 0.3 is 11.9 Å². The van der Waals surface area contributed by atoms with E-state index in [1.165, 1.54) is 10.8 Å². The van der Waals surface area contributed by atoms with Crippen LogP contribution in [0.3, 0.4) is 0 Å². The molecule has 0 saturated heterocycles. The van der Waals surface area contributed by atoms with Crippen LogP contribution in [-0.2, 0) is 13.2 Å². The Morgan fingerprint density at radius 2 is 1.69 bits per heavy atom. The summed E-state index contributed by atoms with van der Waals surface area (Å²) in [4.78, 5) is 25.9. The van der Waals surface area contributed by atoms with Crippen LogP contribution < -0.4 is 11.4 Å². The summed E-state index contributed by atoms with van der Waals surface area (Å²) in [5.41, 5.74) is 8.13. The zero-order valence-corrected chi connectivity index (χ0v) is 18.8. The van der Waals surface area contributed by atoms with E-state index in [1.807, 2.05) is 30.3 Å². The number of aryl methyl sites for hydroxylation is 1. The summed E-state index contributed by atoms with van der Waals surface area (Å²) in [7, 11) is 1.65. The smallest absolute Gasteiger partial charge is 0.383 e. The third-order valence-corrected chi connectivity index (χ3v) is 6.29. The van der Waals surface area contributed by atoms with Crippen molar-refractivity contribution in [1.29, 1.82) is 0 Å². The first-order valence-electron chi connectivity index (χ1n) is 10.9. The molecule has 10 heteroatoms. The van der Waals surface area contributed by atoms with Gasteiger partial charge in [0, 0.05) is 35.8 Å². The second-order valence-corrected chi connectivity index (χ2v) is 8.44. The number of pyridine rings is 3. The summed E-state index contributed by atoms with van der Waals surface area (Å²) in [6, 6.07) is 15.3. The molecule has 6 rings (SSSR count). The molecular weight excluding hydrogens is 469 g/mol. The minimum atomic E-state index is -4.64. The maximum absolute atomic E-state index is 13.4. The highest BCUT2D eigenvalue weighted by Gasteiger charge is 2.34. The van der Waals surface area contributed by atoms with Crippen LogP contribution in [0.4, 0.5) is 19.0 Å². The third kappa shape index (κ3) is 3.29. The zero-order chi connectivity index (χ0) is 25.2. The van der Waals surface area contributed by atoms with Gasteiger partial charge < -0.3 is 5.73 Å². The lowest BCUT2D eigenvalue weighted by Gasteiger charge is -2.12. The molecule has 2 N–H and O–H groups in total. The molecule has 6 aromatic rings. The lowest BCUT2D eigenvalue weighted by molar-refractivity contribution is -0.137. The highest BCUT2D eigenvalue weighted by Crippen LogP contribution is 2.36. The van der Waals surface area contributed by atoms with E-state index in [0.717, 1.165) is 17.0 Å². The molecule has 0 saturated carbocycles. The zero-order valence-electron chi connectivity index (χ0n) is 18.8. The van der Waals surface area contributed by atoms with Crippen LogP contribution in [0.1, 0.15) is 5.56 Å². The average Bonchev–Trinajstić information content (AvgIpc) is 3.13. The Labute approximate surface area is 201 Å². The number of aromatic nitrogens is 5. The van der Waals surface area contributed by atoms with Crippen LogP contribution in [0.15, 0.2) is 78.0 Å². The second-order valence-electron chi connectivity index (χ2n) is 8.44. The molecule has 0 radical (unpaired) electrons. The largest absolute Gasteiger partial charge is 0.419 e. The number of imidazole rings is 1. The van der Waals surface area contributed by atoms with Gasteiger partial charge in [0.2, 0.25) is 0 Å². The number of anilines is 1. The molecule has 0 amide bonds. The van der Waals surface area contributed by atoms with Gasteiger partial charge in [-0.1, -0.05) is 12.1 Å². The maximum atomic E-state index is 13.4. The first-order chi connectivity index (χ1) is 17.2. The fraction of sp³-hybridized carbons (Fsp3) is 0.0769. The van der Waals surface area contributed by atoms with Crippen LogP contribution >= 0.6 is 0 Å². The first kappa shape index (κ1) is 21.8. The van der Waals surface area contributed by atoms with E-state index in [-0.39, 0.29) is 11.3 Å². The molecule has 0 aliphatic carbocycles. The summed E-state index contributed by atoms with van der Waals surface area (Å²) in [5.74, 6) is -0.584. The lowest BCUT2D eigenvalue weighted by Crippen LogP contribution is -2.20. The van der Waals surface area contributed by atoms with Crippen molar-refractivity contribution in [2.75, 3.05) is 5.73 Å². The van der Waals surface area contributed by atoms with Crippen molar-refractivity contribution >= 4 is 38.7 Å². The molecule has 0 spiro atoms. The van der Waals surface area contributed by atoms with Gasteiger partial charge in [0.1, 0.15) is 5.82 Å². The number of benzene rings is 2. The molecule has 0 bridgehead atoms. The topological polar surface area (TPSA) is 91.6 Å². The molecule has 0 fully saturated rings. The van der Waals surface area contributed by atoms with Crippen LogP contribution in [0, 0.1) is 0 Å². The SMILES string of the molecule is Cn1c(=O)n(-c2ccc3ncccc3c2)c2c3cc(-c4cnc(N)c(C(F)(F)F)c4)ccc3ncc21. The Morgan fingerprint density at radius 3 is 2.50 bits per heavy atom. The van der Waals surface area contributed by atoms with Crippen LogP contribution in [0.2, 0.25) is 0 Å². The Hall–Kier alpha value is -4.73. The van der Waals surface area contributed by atoms with E-state index >= 15 is 0 Å². The van der Waals surface area contributed by atoms with Crippen LogP contribution in [-0.4, -0.2) is 24.1 Å². The fourth-order valence-corrected chi connectivity index (χ4v) is 4.48. The normalized spacial score (nSPS) is 12.1. The Morgan fingerprint density at radius 1 is 0.889 bits per heavy atom. The monoisotopic (exact) mass is 486 g/mol. The van der Waals surface area contributed by atoms with Crippen molar-refractivity contribution in [2.45, 2.75) is 6.18 Å². The molecule has 2 aromatic carbocycles. The average molecular weight is 486 g/mol. The molecule has 4 heterocycles. The molecule has 0 atom stereocenters. The minimum absolute atomic E-state index is 0.247. The number of hydrogen-bond donors (Lipinski definition) is 1. The molecule has 0 unspecified atom stereocenters. The van der Waals surface area contributed by atoms with Gasteiger partial charge in [-0.05, 0) is 48.0 Å². The summed E-state index contributed by atoms with van der Waals surface area (Å²) >= 11 is 0. The molecule has 4 aromatic heterocycles. The van der Waals surface area contributed by atoms with Crippen molar-refractivity contribution in [3.63, 3.8) is 0 Å². The van der Waals surface area contributed by atoms with E-state index in [4.69, 9.17) is 5.73 Å². The summed E-state index contributed by atoms with van der Waals surface area (Å²) in [6.45, 7) is 0. The van der Waals surface area contributed by atoms with Crippen molar-refractivity contribution in [2.24, 2.45) is 7.05 Å². The lowest BCUT2D eigenvalue weighted by atomic mass is 10.0. The third-order valence-electron chi connectivity index (χ3n) is 6.29. The number of alkyl halides is 3. The fourth-order valence-electron chi connectivity index (χ4n) is 4.48. The number of hydrogen-bond acceptors (Lipinski definition) is 5. The maximum Gasteiger partial charge on any atom is 0.419 e. The van der Waals surface area contributed by atoms with Crippen molar-refractivity contribution < 1.29 is 13.2 Å². The number of rotatable bonds is 2. The van der Waals surface area contributed by atoms with Gasteiger partial charge in [-0.25, -0.2) is 9.78 Å². The molecule has 0 aliphatic rings. The standard InChI is InChI=1S/C26H17F3N6O/c1-34-22-13-32-21-6-4-14(16-11-19(26(27,28)29)24(30)33-12-16)10-18(21)23(22)35(25(34)36)17-5-7-20-15(9-17)3-2-8-31-20/h2-13H,1H3,(H2,30,33). The van der Waals surface area contributed by atoms with Gasteiger partial charge in [0.15, 0.2) is 0 Å². The Kier molecular flexibility index (Phi) is 4.62. The molecule has 36 heavy (non-hydrogen) atoms. The van der Waals surface area contributed by atoms with Gasteiger partial charge in [-0.3, -0.25) is 19.1 Å². The highest BCUT2D eigenvalue weighted by molar-refractivity contribution is 6.04. The first-order valence-corrected chi connectivity index (χ1v) is 10.9. The second kappa shape index (κ2) is 7.64. The summed E-state index contributed by atoms with van der Waals surface area (Å²) in [6.07, 6.45) is -0.0231. The Bertz CT molecular complexity index is 1890. The number of fused-ring (bicyclic) bond motifs is 4. The van der Waals surface area contributed by atoms with E-state index in [9.17, 15) is 18.0 Å². The highest BCUT2D eigenvalue weighted by atomic mass is 19.4. The van der Waals surface area contributed by atoms with Gasteiger partial charge in [-0.2, -0.15) is 13.2 Å². The van der Waals surface area contributed by atoms with Crippen molar-refractivity contribution in [3.8, 4) is 16.8 Å². The van der Waals surface area contributed by atoms with Crippen molar-refractivity contribution in [3.05, 3.63) is 89.2 Å². The number of nitrogen functional groups attached to an aromatic ring is 1. The molecule has 7 nitrogen and oxygen atoms in total. The molecule has 0 aliphatic heterocycles. The van der Waals surface area contributed by atoms with E-state index < -0.39 is 17.6 Å². The predicted octanol–water partition coefficient (Wildman–Crippen LogP) is 5.09. The quantitative estimate of drug-likeness (QED) is 0.368. The van der Waals surface area contributed by atoms with E-state index in [2.05, 4.69) is 15.0 Å². The number of nitrogens with two attached hydrogens (primary N) is 1. The van der Waals surface area contributed by atoms with Gasteiger partial charge in [-0.15, -0.1) is 0 Å². The van der Waals surface area contributed by atoms with Gasteiger partial charge in [0.25, 0.3) is 0 Å². The van der Waals surface area contributed by atoms with E-state index in [1.54, 1.807) is 42.2 Å². The van der Waals surface area contributed by atoms with Crippen LogP contribution in [0.5, 0.6) is 0 Å². The van der Waals surface area contributed by atoms with Crippen molar-refractivity contribution in [1.82, 2.24) is 24.1 Å². The Balaban J connectivity index is 1.64. The van der Waals surface area contributed by atoms with Crippen LogP contribution in [0.25, 0.3) is 49.7 Å². The predicted molar refractivity (Wildman–Crippen MR) is 132 cm³/mol. The number of nitrogens with zero attached hydrogens (tertiary/aromatic N) is 5.